The number of esters is 1. The Hall–Kier alpha value is -3.47. The number of rotatable bonds is 6. The Kier molecular flexibility index (Phi) is 4.89. The van der Waals surface area contributed by atoms with E-state index in [1.165, 1.54) is 0 Å². The lowest BCUT2D eigenvalue weighted by Crippen LogP contribution is -2.06. The van der Waals surface area contributed by atoms with E-state index in [0.717, 1.165) is 38.8 Å². The molecule has 1 aromatic heterocycles. The topological polar surface area (TPSA) is 57.9 Å². The number of hydrogen-bond donors (Lipinski definition) is 0. The first kappa shape index (κ1) is 17.9. The molecule has 0 unspecified atom stereocenters. The first-order valence-electron chi connectivity index (χ1n) is 9.07. The van der Waals surface area contributed by atoms with Crippen molar-refractivity contribution in [2.24, 2.45) is 0 Å². The number of fused-ring (bicyclic) bond motifs is 2. The summed E-state index contributed by atoms with van der Waals surface area (Å²) in [5.74, 6) is 1.89. The molecule has 3 aromatic carbocycles. The van der Waals surface area contributed by atoms with Crippen LogP contribution >= 0.6 is 0 Å². The summed E-state index contributed by atoms with van der Waals surface area (Å²) in [6.07, 6.45) is 1.81. The van der Waals surface area contributed by atoms with Crippen LogP contribution in [-0.4, -0.2) is 19.7 Å². The van der Waals surface area contributed by atoms with Crippen LogP contribution in [0.5, 0.6) is 17.2 Å². The largest absolute Gasteiger partial charge is 0.497 e. The Labute approximate surface area is 162 Å². The van der Waals surface area contributed by atoms with Gasteiger partial charge in [0.05, 0.1) is 26.4 Å². The second-order valence-corrected chi connectivity index (χ2v) is 6.38. The van der Waals surface area contributed by atoms with E-state index in [9.17, 15) is 4.79 Å². The average molecular weight is 376 g/mol. The molecular formula is C23H20O5. The highest BCUT2D eigenvalue weighted by atomic mass is 16.5. The summed E-state index contributed by atoms with van der Waals surface area (Å²) in [4.78, 5) is 11.8. The molecule has 28 heavy (non-hydrogen) atoms. The Morgan fingerprint density at radius 2 is 1.79 bits per heavy atom. The van der Waals surface area contributed by atoms with E-state index < -0.39 is 0 Å². The van der Waals surface area contributed by atoms with Gasteiger partial charge in [-0.05, 0) is 54.1 Å². The summed E-state index contributed by atoms with van der Waals surface area (Å²) in [7, 11) is 1.62. The Morgan fingerprint density at radius 1 is 0.964 bits per heavy atom. The van der Waals surface area contributed by atoms with Crippen LogP contribution in [0.3, 0.4) is 0 Å². The van der Waals surface area contributed by atoms with Crippen molar-refractivity contribution in [3.05, 3.63) is 66.4 Å². The van der Waals surface area contributed by atoms with Gasteiger partial charge in [0.25, 0.3) is 0 Å². The molecule has 0 aliphatic rings. The highest BCUT2D eigenvalue weighted by Crippen LogP contribution is 2.32. The van der Waals surface area contributed by atoms with Crippen LogP contribution in [0.15, 0.2) is 65.3 Å². The maximum Gasteiger partial charge on any atom is 0.310 e. The fourth-order valence-corrected chi connectivity index (χ4v) is 3.17. The predicted molar refractivity (Wildman–Crippen MR) is 107 cm³/mol. The van der Waals surface area contributed by atoms with Crippen molar-refractivity contribution in [3.63, 3.8) is 0 Å². The third-order valence-corrected chi connectivity index (χ3v) is 4.50. The number of hydrogen-bond acceptors (Lipinski definition) is 5. The van der Waals surface area contributed by atoms with Gasteiger partial charge in [-0.2, -0.15) is 0 Å². The van der Waals surface area contributed by atoms with Gasteiger partial charge < -0.3 is 18.6 Å². The first-order valence-corrected chi connectivity index (χ1v) is 9.07. The van der Waals surface area contributed by atoms with Gasteiger partial charge in [-0.1, -0.05) is 12.1 Å². The minimum Gasteiger partial charge on any atom is -0.497 e. The molecular weight excluding hydrogens is 356 g/mol. The molecule has 0 aliphatic carbocycles. The number of furan rings is 1. The molecule has 1 heterocycles. The lowest BCUT2D eigenvalue weighted by atomic mass is 10.0. The lowest BCUT2D eigenvalue weighted by Gasteiger charge is -2.08. The molecule has 0 aliphatic heterocycles. The van der Waals surface area contributed by atoms with Crippen LogP contribution in [0.2, 0.25) is 0 Å². The molecule has 0 fully saturated rings. The number of ether oxygens (including phenoxy) is 3. The van der Waals surface area contributed by atoms with E-state index in [2.05, 4.69) is 0 Å². The summed E-state index contributed by atoms with van der Waals surface area (Å²) in [5.41, 5.74) is 1.56. The maximum atomic E-state index is 11.8. The molecule has 0 N–H and O–H groups in total. The number of benzene rings is 3. The highest BCUT2D eigenvalue weighted by Gasteiger charge is 2.12. The monoisotopic (exact) mass is 376 g/mol. The zero-order valence-corrected chi connectivity index (χ0v) is 15.7. The zero-order chi connectivity index (χ0) is 19.5. The van der Waals surface area contributed by atoms with Gasteiger partial charge in [-0.15, -0.1) is 0 Å². The summed E-state index contributed by atoms with van der Waals surface area (Å²) in [6, 6.07) is 17.3. The number of methoxy groups -OCH3 is 1. The molecule has 0 bridgehead atoms. The van der Waals surface area contributed by atoms with Gasteiger partial charge in [-0.25, -0.2) is 0 Å². The summed E-state index contributed by atoms with van der Waals surface area (Å²) in [6.45, 7) is 2.16. The maximum absolute atomic E-state index is 11.8. The van der Waals surface area contributed by atoms with Gasteiger partial charge in [-0.3, -0.25) is 4.79 Å². The normalized spacial score (nSPS) is 10.9. The van der Waals surface area contributed by atoms with E-state index in [0.29, 0.717) is 12.4 Å². The van der Waals surface area contributed by atoms with Crippen LogP contribution < -0.4 is 9.47 Å². The Balaban J connectivity index is 1.67. The van der Waals surface area contributed by atoms with E-state index in [-0.39, 0.29) is 12.4 Å². The van der Waals surface area contributed by atoms with Crippen molar-refractivity contribution in [1.29, 1.82) is 0 Å². The molecule has 0 atom stereocenters. The van der Waals surface area contributed by atoms with Crippen molar-refractivity contribution >= 4 is 27.7 Å². The first-order chi connectivity index (χ1) is 13.7. The lowest BCUT2D eigenvalue weighted by molar-refractivity contribution is -0.142. The van der Waals surface area contributed by atoms with Gasteiger partial charge in [0.1, 0.15) is 22.8 Å². The molecule has 142 valence electrons. The minimum absolute atomic E-state index is 0.187. The molecule has 4 aromatic rings. The second-order valence-electron chi connectivity index (χ2n) is 6.38. The highest BCUT2D eigenvalue weighted by molar-refractivity contribution is 5.98. The molecule has 0 radical (unpaired) electrons. The average Bonchev–Trinajstić information content (AvgIpc) is 3.08. The van der Waals surface area contributed by atoms with Gasteiger partial charge in [0.15, 0.2) is 0 Å². The van der Waals surface area contributed by atoms with Crippen LogP contribution in [0.25, 0.3) is 21.7 Å². The molecule has 4 rings (SSSR count). The van der Waals surface area contributed by atoms with Gasteiger partial charge in [0.2, 0.25) is 0 Å². The molecule has 0 amide bonds. The predicted octanol–water partition coefficient (Wildman–Crippen LogP) is 5.49. The fraction of sp³-hybridized carbons (Fsp3) is 0.174. The third-order valence-electron chi connectivity index (χ3n) is 4.50. The molecule has 0 spiro atoms. The fourth-order valence-electron chi connectivity index (χ4n) is 3.17. The summed E-state index contributed by atoms with van der Waals surface area (Å²) < 4.78 is 21.9. The van der Waals surface area contributed by atoms with E-state index in [1.807, 2.05) is 54.6 Å². The van der Waals surface area contributed by atoms with Crippen molar-refractivity contribution in [1.82, 2.24) is 0 Å². The molecule has 5 nitrogen and oxygen atoms in total. The Bertz CT molecular complexity index is 1140. The summed E-state index contributed by atoms with van der Waals surface area (Å²) >= 11 is 0. The molecule has 0 saturated carbocycles. The Morgan fingerprint density at radius 3 is 2.61 bits per heavy atom. The summed E-state index contributed by atoms with van der Waals surface area (Å²) in [5, 5.41) is 2.93. The van der Waals surface area contributed by atoms with Crippen molar-refractivity contribution in [3.8, 4) is 17.2 Å². The standard InChI is InChI=1S/C23H20O5/c1-3-26-23(24)12-17-14-27-22-11-15-7-8-20(9-16(15)10-21(17)22)28-19-6-4-5-18(13-19)25-2/h4-11,13-14H,3,12H2,1-2H3. The smallest absolute Gasteiger partial charge is 0.310 e. The van der Waals surface area contributed by atoms with Crippen molar-refractivity contribution in [2.75, 3.05) is 13.7 Å². The van der Waals surface area contributed by atoms with Gasteiger partial charge >= 0.3 is 5.97 Å². The van der Waals surface area contributed by atoms with Gasteiger partial charge in [0, 0.05) is 17.0 Å². The quantitative estimate of drug-likeness (QED) is 0.416. The van der Waals surface area contributed by atoms with Crippen LogP contribution in [0.4, 0.5) is 0 Å². The van der Waals surface area contributed by atoms with E-state index in [4.69, 9.17) is 18.6 Å². The van der Waals surface area contributed by atoms with Crippen molar-refractivity contribution < 1.29 is 23.4 Å². The van der Waals surface area contributed by atoms with E-state index >= 15 is 0 Å². The van der Waals surface area contributed by atoms with Crippen LogP contribution in [-0.2, 0) is 16.0 Å². The minimum atomic E-state index is -0.264. The number of carbonyl (C=O) groups excluding carboxylic acids is 1. The van der Waals surface area contributed by atoms with Crippen molar-refractivity contribution in [2.45, 2.75) is 13.3 Å². The molecule has 5 heteroatoms. The second kappa shape index (κ2) is 7.64. The van der Waals surface area contributed by atoms with E-state index in [1.54, 1.807) is 20.3 Å². The SMILES string of the molecule is CCOC(=O)Cc1coc2cc3ccc(Oc4cccc(OC)c4)cc3cc12. The third kappa shape index (κ3) is 3.64. The molecule has 0 saturated heterocycles. The zero-order valence-electron chi connectivity index (χ0n) is 15.7. The van der Waals surface area contributed by atoms with Crippen LogP contribution in [0, 0.1) is 0 Å². The number of carbonyl (C=O) groups is 1. The van der Waals surface area contributed by atoms with Crippen LogP contribution in [0.1, 0.15) is 12.5 Å².